The van der Waals surface area contributed by atoms with Crippen LogP contribution < -0.4 is 10.5 Å². The SMILES string of the molecule is NCC(Oc1ccccc1)c1cccc(Br)c1. The Morgan fingerprint density at radius 3 is 2.47 bits per heavy atom. The number of hydrogen-bond donors (Lipinski definition) is 1. The maximum Gasteiger partial charge on any atom is 0.136 e. The van der Waals surface area contributed by atoms with Crippen LogP contribution in [-0.2, 0) is 0 Å². The van der Waals surface area contributed by atoms with Crippen molar-refractivity contribution in [3.63, 3.8) is 0 Å². The molecule has 0 radical (unpaired) electrons. The maximum atomic E-state index is 5.86. The second-order valence-electron chi connectivity index (χ2n) is 3.71. The van der Waals surface area contributed by atoms with E-state index in [1.165, 1.54) is 0 Å². The zero-order valence-corrected chi connectivity index (χ0v) is 10.9. The molecule has 0 fully saturated rings. The fraction of sp³-hybridized carbons (Fsp3) is 0.143. The second kappa shape index (κ2) is 5.84. The number of nitrogens with two attached hydrogens (primary N) is 1. The van der Waals surface area contributed by atoms with E-state index in [2.05, 4.69) is 15.9 Å². The van der Waals surface area contributed by atoms with E-state index >= 15 is 0 Å². The molecular weight excluding hydrogens is 278 g/mol. The maximum absolute atomic E-state index is 5.86. The Kier molecular flexibility index (Phi) is 4.18. The minimum Gasteiger partial charge on any atom is -0.484 e. The number of benzene rings is 2. The smallest absolute Gasteiger partial charge is 0.136 e. The highest BCUT2D eigenvalue weighted by Crippen LogP contribution is 2.23. The lowest BCUT2D eigenvalue weighted by Crippen LogP contribution is -2.18. The molecule has 0 saturated heterocycles. The monoisotopic (exact) mass is 291 g/mol. The molecule has 0 aliphatic rings. The van der Waals surface area contributed by atoms with Gasteiger partial charge in [-0.3, -0.25) is 0 Å². The van der Waals surface area contributed by atoms with Crippen LogP contribution in [-0.4, -0.2) is 6.54 Å². The van der Waals surface area contributed by atoms with Gasteiger partial charge >= 0.3 is 0 Å². The van der Waals surface area contributed by atoms with Gasteiger partial charge in [0, 0.05) is 11.0 Å². The van der Waals surface area contributed by atoms with Gasteiger partial charge in [0.25, 0.3) is 0 Å². The fourth-order valence-electron chi connectivity index (χ4n) is 1.62. The Morgan fingerprint density at radius 2 is 1.82 bits per heavy atom. The molecule has 0 aromatic heterocycles. The van der Waals surface area contributed by atoms with Gasteiger partial charge in [-0.2, -0.15) is 0 Å². The fourth-order valence-corrected chi connectivity index (χ4v) is 2.04. The Morgan fingerprint density at radius 1 is 1.06 bits per heavy atom. The molecule has 0 saturated carbocycles. The lowest BCUT2D eigenvalue weighted by Gasteiger charge is -2.18. The molecular formula is C14H14BrNO. The lowest BCUT2D eigenvalue weighted by atomic mass is 10.1. The summed E-state index contributed by atoms with van der Waals surface area (Å²) in [6.07, 6.45) is -0.116. The first kappa shape index (κ1) is 12.1. The van der Waals surface area contributed by atoms with E-state index in [4.69, 9.17) is 10.5 Å². The normalized spacial score (nSPS) is 12.1. The summed E-state index contributed by atoms with van der Waals surface area (Å²) in [6.45, 7) is 0.450. The van der Waals surface area contributed by atoms with Crippen LogP contribution in [0.1, 0.15) is 11.7 Å². The predicted molar refractivity (Wildman–Crippen MR) is 73.0 cm³/mol. The van der Waals surface area contributed by atoms with Crippen molar-refractivity contribution in [3.8, 4) is 5.75 Å². The summed E-state index contributed by atoms with van der Waals surface area (Å²) >= 11 is 3.45. The zero-order chi connectivity index (χ0) is 12.1. The quantitative estimate of drug-likeness (QED) is 0.935. The van der Waals surface area contributed by atoms with Gasteiger partial charge in [-0.15, -0.1) is 0 Å². The molecule has 1 unspecified atom stereocenters. The van der Waals surface area contributed by atoms with Crippen LogP contribution in [0.3, 0.4) is 0 Å². The van der Waals surface area contributed by atoms with Crippen LogP contribution in [0.4, 0.5) is 0 Å². The molecule has 2 N–H and O–H groups in total. The second-order valence-corrected chi connectivity index (χ2v) is 4.63. The molecule has 1 atom stereocenters. The topological polar surface area (TPSA) is 35.2 Å². The summed E-state index contributed by atoms with van der Waals surface area (Å²) < 4.78 is 6.89. The third kappa shape index (κ3) is 3.32. The number of para-hydroxylation sites is 1. The van der Waals surface area contributed by atoms with Crippen molar-refractivity contribution in [2.75, 3.05) is 6.54 Å². The van der Waals surface area contributed by atoms with Gasteiger partial charge < -0.3 is 10.5 Å². The van der Waals surface area contributed by atoms with Gasteiger partial charge in [0.15, 0.2) is 0 Å². The van der Waals surface area contributed by atoms with Gasteiger partial charge in [0.1, 0.15) is 11.9 Å². The molecule has 2 nitrogen and oxygen atoms in total. The van der Waals surface area contributed by atoms with Gasteiger partial charge in [0.2, 0.25) is 0 Å². The Hall–Kier alpha value is -1.32. The Balaban J connectivity index is 2.17. The largest absolute Gasteiger partial charge is 0.484 e. The first-order valence-electron chi connectivity index (χ1n) is 5.47. The van der Waals surface area contributed by atoms with Gasteiger partial charge in [-0.05, 0) is 29.8 Å². The van der Waals surface area contributed by atoms with Crippen molar-refractivity contribution in [1.82, 2.24) is 0 Å². The van der Waals surface area contributed by atoms with Crippen molar-refractivity contribution < 1.29 is 4.74 Å². The van der Waals surface area contributed by atoms with E-state index in [9.17, 15) is 0 Å². The van der Waals surface area contributed by atoms with Crippen molar-refractivity contribution in [1.29, 1.82) is 0 Å². The highest BCUT2D eigenvalue weighted by Gasteiger charge is 2.11. The molecule has 0 amide bonds. The highest BCUT2D eigenvalue weighted by atomic mass is 79.9. The van der Waals surface area contributed by atoms with Crippen LogP contribution in [0.2, 0.25) is 0 Å². The number of ether oxygens (including phenoxy) is 1. The van der Waals surface area contributed by atoms with Crippen LogP contribution in [0.25, 0.3) is 0 Å². The van der Waals surface area contributed by atoms with Crippen molar-refractivity contribution >= 4 is 15.9 Å². The van der Waals surface area contributed by atoms with E-state index in [0.717, 1.165) is 15.8 Å². The summed E-state index contributed by atoms with van der Waals surface area (Å²) in [5.41, 5.74) is 6.84. The molecule has 3 heteroatoms. The van der Waals surface area contributed by atoms with E-state index < -0.39 is 0 Å². The van der Waals surface area contributed by atoms with Gasteiger partial charge in [0.05, 0.1) is 0 Å². The molecule has 2 rings (SSSR count). The molecule has 2 aromatic carbocycles. The van der Waals surface area contributed by atoms with Crippen molar-refractivity contribution in [2.45, 2.75) is 6.10 Å². The third-order valence-electron chi connectivity index (χ3n) is 2.46. The molecule has 2 aromatic rings. The molecule has 88 valence electrons. The molecule has 0 spiro atoms. The lowest BCUT2D eigenvalue weighted by molar-refractivity contribution is 0.214. The van der Waals surface area contributed by atoms with Crippen molar-refractivity contribution in [3.05, 3.63) is 64.6 Å². The van der Waals surface area contributed by atoms with Crippen molar-refractivity contribution in [2.24, 2.45) is 5.73 Å². The van der Waals surface area contributed by atoms with Crippen LogP contribution in [0, 0.1) is 0 Å². The predicted octanol–water partition coefficient (Wildman–Crippen LogP) is 3.53. The Bertz CT molecular complexity index is 473. The summed E-state index contributed by atoms with van der Waals surface area (Å²) in [7, 11) is 0. The first-order valence-corrected chi connectivity index (χ1v) is 6.26. The molecule has 0 bridgehead atoms. The van der Waals surface area contributed by atoms with E-state index in [-0.39, 0.29) is 6.10 Å². The molecule has 0 heterocycles. The number of rotatable bonds is 4. The minimum atomic E-state index is -0.116. The molecule has 0 aliphatic heterocycles. The average molecular weight is 292 g/mol. The van der Waals surface area contributed by atoms with E-state index in [1.807, 2.05) is 54.6 Å². The Labute approximate surface area is 110 Å². The highest BCUT2D eigenvalue weighted by molar-refractivity contribution is 9.10. The third-order valence-corrected chi connectivity index (χ3v) is 2.95. The van der Waals surface area contributed by atoms with Crippen LogP contribution in [0.15, 0.2) is 59.1 Å². The summed E-state index contributed by atoms with van der Waals surface area (Å²) in [5.74, 6) is 0.836. The molecule has 17 heavy (non-hydrogen) atoms. The standard InChI is InChI=1S/C14H14BrNO/c15-12-6-4-5-11(9-12)14(10-16)17-13-7-2-1-3-8-13/h1-9,14H,10,16H2. The van der Waals surface area contributed by atoms with Crippen LogP contribution >= 0.6 is 15.9 Å². The summed E-state index contributed by atoms with van der Waals surface area (Å²) in [5, 5.41) is 0. The summed E-state index contributed by atoms with van der Waals surface area (Å²) in [6, 6.07) is 17.7. The average Bonchev–Trinajstić information content (AvgIpc) is 2.37. The zero-order valence-electron chi connectivity index (χ0n) is 9.34. The minimum absolute atomic E-state index is 0.116. The van der Waals surface area contributed by atoms with E-state index in [1.54, 1.807) is 0 Å². The van der Waals surface area contributed by atoms with Gasteiger partial charge in [-0.25, -0.2) is 0 Å². The van der Waals surface area contributed by atoms with Crippen LogP contribution in [0.5, 0.6) is 5.75 Å². The molecule has 0 aliphatic carbocycles. The number of hydrogen-bond acceptors (Lipinski definition) is 2. The first-order chi connectivity index (χ1) is 8.29. The summed E-state index contributed by atoms with van der Waals surface area (Å²) in [4.78, 5) is 0. The van der Waals surface area contributed by atoms with Gasteiger partial charge in [-0.1, -0.05) is 46.3 Å². The number of halogens is 1. The van der Waals surface area contributed by atoms with E-state index in [0.29, 0.717) is 6.54 Å².